The molecule has 23 heavy (non-hydrogen) atoms. The number of benzene rings is 2. The van der Waals surface area contributed by atoms with Gasteiger partial charge >= 0.3 is 0 Å². The van der Waals surface area contributed by atoms with E-state index in [9.17, 15) is 9.59 Å². The molecule has 1 heterocycles. The normalized spacial score (nSPS) is 17.3. The molecule has 1 aliphatic rings. The Morgan fingerprint density at radius 2 is 1.83 bits per heavy atom. The molecule has 1 aliphatic heterocycles. The van der Waals surface area contributed by atoms with E-state index in [1.165, 1.54) is 0 Å². The highest BCUT2D eigenvalue weighted by molar-refractivity contribution is 9.10. The molecule has 0 aliphatic carbocycles. The lowest BCUT2D eigenvalue weighted by molar-refractivity contribution is -0.133. The first-order valence-corrected chi connectivity index (χ1v) is 8.33. The number of carbonyl (C=O) groups is 2. The number of para-hydroxylation sites is 1. The number of likely N-dealkylation sites (tertiary alicyclic amines) is 1. The molecule has 0 bridgehead atoms. The summed E-state index contributed by atoms with van der Waals surface area (Å²) in [6, 6.07) is 16.8. The average Bonchev–Trinajstić information content (AvgIpc) is 2.92. The topological polar surface area (TPSA) is 49.4 Å². The van der Waals surface area contributed by atoms with E-state index in [0.29, 0.717) is 19.4 Å². The van der Waals surface area contributed by atoms with Crippen LogP contribution in [0.25, 0.3) is 0 Å². The molecule has 3 rings (SSSR count). The van der Waals surface area contributed by atoms with Crippen molar-refractivity contribution in [3.63, 3.8) is 0 Å². The van der Waals surface area contributed by atoms with Crippen LogP contribution in [-0.4, -0.2) is 22.8 Å². The lowest BCUT2D eigenvalue weighted by atomic mass is 10.1. The molecular formula is C18H17BrN2O2. The van der Waals surface area contributed by atoms with E-state index in [2.05, 4.69) is 21.2 Å². The molecule has 0 spiro atoms. The standard InChI is InChI=1S/C18H17BrN2O2/c19-14-8-4-5-9-15(14)20-18(23)16-10-11-17(22)21(16)12-13-6-2-1-3-7-13/h1-9,16H,10-12H2,(H,20,23). The largest absolute Gasteiger partial charge is 0.326 e. The zero-order valence-corrected chi connectivity index (χ0v) is 14.1. The van der Waals surface area contributed by atoms with Crippen molar-refractivity contribution in [2.24, 2.45) is 0 Å². The molecule has 2 aromatic carbocycles. The van der Waals surface area contributed by atoms with Crippen LogP contribution in [0.15, 0.2) is 59.1 Å². The Morgan fingerprint density at radius 3 is 2.57 bits per heavy atom. The number of carbonyl (C=O) groups excluding carboxylic acids is 2. The summed E-state index contributed by atoms with van der Waals surface area (Å²) in [5, 5.41) is 2.91. The molecule has 0 saturated carbocycles. The number of hydrogen-bond acceptors (Lipinski definition) is 2. The van der Waals surface area contributed by atoms with Crippen LogP contribution in [0.5, 0.6) is 0 Å². The van der Waals surface area contributed by atoms with Crippen LogP contribution in [0.2, 0.25) is 0 Å². The molecule has 0 radical (unpaired) electrons. The maximum Gasteiger partial charge on any atom is 0.247 e. The van der Waals surface area contributed by atoms with Crippen molar-refractivity contribution in [2.45, 2.75) is 25.4 Å². The van der Waals surface area contributed by atoms with Gasteiger partial charge in [0.15, 0.2) is 0 Å². The van der Waals surface area contributed by atoms with Crippen LogP contribution in [-0.2, 0) is 16.1 Å². The molecule has 2 aromatic rings. The predicted molar refractivity (Wildman–Crippen MR) is 92.8 cm³/mol. The molecular weight excluding hydrogens is 356 g/mol. The van der Waals surface area contributed by atoms with Crippen molar-refractivity contribution in [1.29, 1.82) is 0 Å². The molecule has 0 aromatic heterocycles. The van der Waals surface area contributed by atoms with E-state index in [1.807, 2.05) is 54.6 Å². The van der Waals surface area contributed by atoms with Crippen molar-refractivity contribution >= 4 is 33.4 Å². The van der Waals surface area contributed by atoms with Gasteiger partial charge in [-0.05, 0) is 40.0 Å². The predicted octanol–water partition coefficient (Wildman–Crippen LogP) is 3.58. The maximum absolute atomic E-state index is 12.6. The summed E-state index contributed by atoms with van der Waals surface area (Å²) in [7, 11) is 0. The third-order valence-corrected chi connectivity index (χ3v) is 4.65. The van der Waals surface area contributed by atoms with Crippen molar-refractivity contribution in [3.8, 4) is 0 Å². The average molecular weight is 373 g/mol. The number of hydrogen-bond donors (Lipinski definition) is 1. The molecule has 1 atom stereocenters. The summed E-state index contributed by atoms with van der Waals surface area (Å²) < 4.78 is 0.826. The monoisotopic (exact) mass is 372 g/mol. The highest BCUT2D eigenvalue weighted by Gasteiger charge is 2.36. The third kappa shape index (κ3) is 3.62. The quantitative estimate of drug-likeness (QED) is 0.891. The third-order valence-electron chi connectivity index (χ3n) is 3.96. The summed E-state index contributed by atoms with van der Waals surface area (Å²) in [6.45, 7) is 0.466. The zero-order chi connectivity index (χ0) is 16.2. The minimum Gasteiger partial charge on any atom is -0.326 e. The molecule has 118 valence electrons. The molecule has 1 saturated heterocycles. The number of halogens is 1. The fourth-order valence-corrected chi connectivity index (χ4v) is 3.15. The zero-order valence-electron chi connectivity index (χ0n) is 12.5. The van der Waals surface area contributed by atoms with Crippen molar-refractivity contribution in [3.05, 3.63) is 64.6 Å². The summed E-state index contributed by atoms with van der Waals surface area (Å²) in [4.78, 5) is 26.4. The summed E-state index contributed by atoms with van der Waals surface area (Å²) in [5.41, 5.74) is 1.75. The Morgan fingerprint density at radius 1 is 1.13 bits per heavy atom. The van der Waals surface area contributed by atoms with Gasteiger partial charge in [-0.3, -0.25) is 9.59 Å². The molecule has 4 nitrogen and oxygen atoms in total. The highest BCUT2D eigenvalue weighted by atomic mass is 79.9. The Bertz CT molecular complexity index is 718. The fraction of sp³-hybridized carbons (Fsp3) is 0.222. The van der Waals surface area contributed by atoms with Crippen LogP contribution in [0, 0.1) is 0 Å². The van der Waals surface area contributed by atoms with Gasteiger partial charge in [-0.1, -0.05) is 42.5 Å². The molecule has 1 N–H and O–H groups in total. The summed E-state index contributed by atoms with van der Waals surface area (Å²) in [6.07, 6.45) is 0.975. The van der Waals surface area contributed by atoms with Gasteiger partial charge in [0.1, 0.15) is 6.04 Å². The number of anilines is 1. The Kier molecular flexibility index (Phi) is 4.76. The van der Waals surface area contributed by atoms with Gasteiger partial charge in [0.25, 0.3) is 0 Å². The summed E-state index contributed by atoms with van der Waals surface area (Å²) >= 11 is 3.42. The van der Waals surface area contributed by atoms with E-state index in [0.717, 1.165) is 15.7 Å². The fourth-order valence-electron chi connectivity index (χ4n) is 2.76. The first kappa shape index (κ1) is 15.7. The van der Waals surface area contributed by atoms with Crippen LogP contribution in [0.4, 0.5) is 5.69 Å². The number of rotatable bonds is 4. The van der Waals surface area contributed by atoms with E-state index >= 15 is 0 Å². The van der Waals surface area contributed by atoms with Crippen LogP contribution >= 0.6 is 15.9 Å². The number of amides is 2. The van der Waals surface area contributed by atoms with E-state index in [-0.39, 0.29) is 11.8 Å². The van der Waals surface area contributed by atoms with Gasteiger partial charge in [0.05, 0.1) is 5.69 Å². The summed E-state index contributed by atoms with van der Waals surface area (Å²) in [5.74, 6) is -0.111. The van der Waals surface area contributed by atoms with Gasteiger partial charge < -0.3 is 10.2 Å². The smallest absolute Gasteiger partial charge is 0.247 e. The number of nitrogens with zero attached hydrogens (tertiary/aromatic N) is 1. The van der Waals surface area contributed by atoms with E-state index < -0.39 is 6.04 Å². The minimum absolute atomic E-state index is 0.0288. The first-order chi connectivity index (χ1) is 11.1. The minimum atomic E-state index is -0.421. The maximum atomic E-state index is 12.6. The van der Waals surface area contributed by atoms with Crippen molar-refractivity contribution in [2.75, 3.05) is 5.32 Å². The lowest BCUT2D eigenvalue weighted by Gasteiger charge is -2.24. The highest BCUT2D eigenvalue weighted by Crippen LogP contribution is 2.25. The Labute approximate surface area is 143 Å². The second-order valence-electron chi connectivity index (χ2n) is 5.53. The van der Waals surface area contributed by atoms with Crippen LogP contribution < -0.4 is 5.32 Å². The van der Waals surface area contributed by atoms with Gasteiger partial charge in [0.2, 0.25) is 11.8 Å². The van der Waals surface area contributed by atoms with E-state index in [1.54, 1.807) is 4.90 Å². The van der Waals surface area contributed by atoms with Gasteiger partial charge in [-0.15, -0.1) is 0 Å². The SMILES string of the molecule is O=C(Nc1ccccc1Br)C1CCC(=O)N1Cc1ccccc1. The first-order valence-electron chi connectivity index (χ1n) is 7.54. The Balaban J connectivity index is 1.74. The van der Waals surface area contributed by atoms with Gasteiger partial charge in [-0.25, -0.2) is 0 Å². The molecule has 1 fully saturated rings. The molecule has 1 unspecified atom stereocenters. The van der Waals surface area contributed by atoms with E-state index in [4.69, 9.17) is 0 Å². The van der Waals surface area contributed by atoms with Crippen molar-refractivity contribution in [1.82, 2.24) is 4.90 Å². The van der Waals surface area contributed by atoms with Crippen molar-refractivity contribution < 1.29 is 9.59 Å². The Hall–Kier alpha value is -2.14. The lowest BCUT2D eigenvalue weighted by Crippen LogP contribution is -2.41. The van der Waals surface area contributed by atoms with Crippen LogP contribution in [0.3, 0.4) is 0 Å². The molecule has 5 heteroatoms. The number of nitrogens with one attached hydrogen (secondary N) is 1. The molecule has 2 amide bonds. The van der Waals surface area contributed by atoms with Gasteiger partial charge in [0, 0.05) is 17.4 Å². The van der Waals surface area contributed by atoms with Gasteiger partial charge in [-0.2, -0.15) is 0 Å². The van der Waals surface area contributed by atoms with Crippen LogP contribution in [0.1, 0.15) is 18.4 Å². The second-order valence-corrected chi connectivity index (χ2v) is 6.39. The second kappa shape index (κ2) is 6.96.